The average molecular weight is 264 g/mol. The quantitative estimate of drug-likeness (QED) is 0.687. The lowest BCUT2D eigenvalue weighted by Crippen LogP contribution is -2.26. The van der Waals surface area contributed by atoms with Crippen LogP contribution < -0.4 is 10.6 Å². The molecule has 0 radical (unpaired) electrons. The lowest BCUT2D eigenvalue weighted by molar-refractivity contribution is 0.0931. The first-order valence-electron chi connectivity index (χ1n) is 6.67. The third-order valence-electron chi connectivity index (χ3n) is 2.95. The predicted octanol–water partition coefficient (Wildman–Crippen LogP) is 1.06. The molecule has 0 saturated heterocycles. The standard InChI is InChI=1S/C13H20N4O2/c1-14-12-6-5-11(16-17-12)13(18)15-7-2-8-19-9-10-3-4-10/h5-6,10H,2-4,7-9H2,1H3,(H,14,17)(H,15,18). The summed E-state index contributed by atoms with van der Waals surface area (Å²) < 4.78 is 5.49. The van der Waals surface area contributed by atoms with Gasteiger partial charge in [-0.25, -0.2) is 0 Å². The summed E-state index contributed by atoms with van der Waals surface area (Å²) in [6.45, 7) is 2.16. The van der Waals surface area contributed by atoms with Crippen molar-refractivity contribution in [3.05, 3.63) is 17.8 Å². The smallest absolute Gasteiger partial charge is 0.271 e. The Labute approximate surface area is 112 Å². The molecule has 1 saturated carbocycles. The lowest BCUT2D eigenvalue weighted by Gasteiger charge is -2.05. The van der Waals surface area contributed by atoms with Crippen molar-refractivity contribution >= 4 is 11.7 Å². The van der Waals surface area contributed by atoms with Gasteiger partial charge < -0.3 is 15.4 Å². The fourth-order valence-electron chi connectivity index (χ4n) is 1.59. The van der Waals surface area contributed by atoms with E-state index in [1.54, 1.807) is 19.2 Å². The number of carbonyl (C=O) groups is 1. The Morgan fingerprint density at radius 2 is 2.26 bits per heavy atom. The van der Waals surface area contributed by atoms with E-state index in [1.807, 2.05) is 0 Å². The second-order valence-corrected chi connectivity index (χ2v) is 4.68. The van der Waals surface area contributed by atoms with Crippen molar-refractivity contribution in [2.24, 2.45) is 5.92 Å². The molecule has 1 amide bonds. The minimum absolute atomic E-state index is 0.197. The molecule has 104 valence electrons. The van der Waals surface area contributed by atoms with Gasteiger partial charge in [0.1, 0.15) is 5.82 Å². The third kappa shape index (κ3) is 4.82. The number of carbonyl (C=O) groups excluding carboxylic acids is 1. The van der Waals surface area contributed by atoms with Gasteiger partial charge in [-0.1, -0.05) is 0 Å². The maximum atomic E-state index is 11.7. The summed E-state index contributed by atoms with van der Waals surface area (Å²) in [5, 5.41) is 13.3. The number of hydrogen-bond donors (Lipinski definition) is 2. The summed E-state index contributed by atoms with van der Waals surface area (Å²) in [4.78, 5) is 11.7. The second kappa shape index (κ2) is 7.04. The summed E-state index contributed by atoms with van der Waals surface area (Å²) in [6, 6.07) is 3.37. The zero-order chi connectivity index (χ0) is 13.5. The van der Waals surface area contributed by atoms with Crippen LogP contribution in [0.2, 0.25) is 0 Å². The van der Waals surface area contributed by atoms with E-state index < -0.39 is 0 Å². The molecule has 19 heavy (non-hydrogen) atoms. The molecule has 2 N–H and O–H groups in total. The molecule has 1 aromatic heterocycles. The Hall–Kier alpha value is -1.69. The Balaban J connectivity index is 1.59. The first kappa shape index (κ1) is 13.7. The van der Waals surface area contributed by atoms with Crippen molar-refractivity contribution < 1.29 is 9.53 Å². The van der Waals surface area contributed by atoms with Crippen molar-refractivity contribution in [3.63, 3.8) is 0 Å². The van der Waals surface area contributed by atoms with Gasteiger partial charge in [0.15, 0.2) is 5.69 Å². The number of nitrogens with one attached hydrogen (secondary N) is 2. The number of hydrogen-bond acceptors (Lipinski definition) is 5. The average Bonchev–Trinajstić information content (AvgIpc) is 3.26. The molecule has 1 aliphatic rings. The highest BCUT2D eigenvalue weighted by Gasteiger charge is 2.20. The number of amides is 1. The van der Waals surface area contributed by atoms with Crippen molar-refractivity contribution in [3.8, 4) is 0 Å². The monoisotopic (exact) mass is 264 g/mol. The molecule has 0 spiro atoms. The molecule has 1 heterocycles. The van der Waals surface area contributed by atoms with Crippen LogP contribution in [0.4, 0.5) is 5.82 Å². The molecule has 0 bridgehead atoms. The van der Waals surface area contributed by atoms with E-state index in [2.05, 4.69) is 20.8 Å². The number of rotatable bonds is 8. The van der Waals surface area contributed by atoms with Crippen molar-refractivity contribution in [2.75, 3.05) is 32.1 Å². The van der Waals surface area contributed by atoms with Gasteiger partial charge in [-0.05, 0) is 37.3 Å². The molecule has 6 nitrogen and oxygen atoms in total. The second-order valence-electron chi connectivity index (χ2n) is 4.68. The minimum atomic E-state index is -0.197. The zero-order valence-electron chi connectivity index (χ0n) is 11.2. The van der Waals surface area contributed by atoms with Crippen LogP contribution in [0.1, 0.15) is 29.8 Å². The number of aromatic nitrogens is 2. The molecular formula is C13H20N4O2. The normalized spacial score (nSPS) is 14.2. The van der Waals surface area contributed by atoms with Gasteiger partial charge in [-0.2, -0.15) is 0 Å². The van der Waals surface area contributed by atoms with Crippen molar-refractivity contribution in [1.29, 1.82) is 0 Å². The maximum absolute atomic E-state index is 11.7. The molecule has 0 aliphatic heterocycles. The van der Waals surface area contributed by atoms with Crippen LogP contribution in [0.25, 0.3) is 0 Å². The Kier molecular flexibility index (Phi) is 5.09. The van der Waals surface area contributed by atoms with Crippen LogP contribution >= 0.6 is 0 Å². The highest BCUT2D eigenvalue weighted by molar-refractivity contribution is 5.92. The molecule has 1 aliphatic carbocycles. The molecule has 0 unspecified atom stereocenters. The first-order valence-corrected chi connectivity index (χ1v) is 6.67. The van der Waals surface area contributed by atoms with Gasteiger partial charge in [-0.15, -0.1) is 10.2 Å². The van der Waals surface area contributed by atoms with E-state index in [9.17, 15) is 4.79 Å². The fourth-order valence-corrected chi connectivity index (χ4v) is 1.59. The summed E-state index contributed by atoms with van der Waals surface area (Å²) in [7, 11) is 1.76. The van der Waals surface area contributed by atoms with E-state index in [0.29, 0.717) is 24.7 Å². The van der Waals surface area contributed by atoms with Crippen molar-refractivity contribution in [1.82, 2.24) is 15.5 Å². The van der Waals surface area contributed by atoms with Gasteiger partial charge in [0, 0.05) is 26.8 Å². The summed E-state index contributed by atoms with van der Waals surface area (Å²) in [6.07, 6.45) is 3.43. The van der Waals surface area contributed by atoms with Crippen LogP contribution in [-0.4, -0.2) is 42.9 Å². The fraction of sp³-hybridized carbons (Fsp3) is 0.615. The topological polar surface area (TPSA) is 76.1 Å². The van der Waals surface area contributed by atoms with Gasteiger partial charge in [0.2, 0.25) is 0 Å². The third-order valence-corrected chi connectivity index (χ3v) is 2.95. The molecule has 6 heteroatoms. The van der Waals surface area contributed by atoms with Crippen LogP contribution in [0.5, 0.6) is 0 Å². The van der Waals surface area contributed by atoms with Crippen LogP contribution in [-0.2, 0) is 4.74 Å². The Morgan fingerprint density at radius 3 is 2.89 bits per heavy atom. The van der Waals surface area contributed by atoms with Crippen molar-refractivity contribution in [2.45, 2.75) is 19.3 Å². The number of ether oxygens (including phenoxy) is 1. The highest BCUT2D eigenvalue weighted by atomic mass is 16.5. The van der Waals surface area contributed by atoms with Crippen LogP contribution in [0.15, 0.2) is 12.1 Å². The van der Waals surface area contributed by atoms with E-state index in [4.69, 9.17) is 4.74 Å². The molecule has 1 aromatic rings. The Bertz CT molecular complexity index is 404. The summed E-state index contributed by atoms with van der Waals surface area (Å²) >= 11 is 0. The number of anilines is 1. The zero-order valence-corrected chi connectivity index (χ0v) is 11.2. The van der Waals surface area contributed by atoms with Gasteiger partial charge in [0.05, 0.1) is 0 Å². The minimum Gasteiger partial charge on any atom is -0.381 e. The summed E-state index contributed by atoms with van der Waals surface area (Å²) in [5.41, 5.74) is 0.331. The van der Waals surface area contributed by atoms with E-state index >= 15 is 0 Å². The lowest BCUT2D eigenvalue weighted by atomic mass is 10.3. The maximum Gasteiger partial charge on any atom is 0.271 e. The molecule has 0 atom stereocenters. The molecular weight excluding hydrogens is 244 g/mol. The predicted molar refractivity (Wildman–Crippen MR) is 72.1 cm³/mol. The SMILES string of the molecule is CNc1ccc(C(=O)NCCCOCC2CC2)nn1. The van der Waals surface area contributed by atoms with E-state index in [0.717, 1.165) is 18.9 Å². The van der Waals surface area contributed by atoms with Crippen LogP contribution in [0.3, 0.4) is 0 Å². The van der Waals surface area contributed by atoms with E-state index in [1.165, 1.54) is 12.8 Å². The largest absolute Gasteiger partial charge is 0.381 e. The van der Waals surface area contributed by atoms with Gasteiger partial charge in [0.25, 0.3) is 5.91 Å². The Morgan fingerprint density at radius 1 is 1.42 bits per heavy atom. The van der Waals surface area contributed by atoms with Crippen LogP contribution in [0, 0.1) is 5.92 Å². The first-order chi connectivity index (χ1) is 9.29. The summed E-state index contributed by atoms with van der Waals surface area (Å²) in [5.74, 6) is 1.23. The molecule has 2 rings (SSSR count). The molecule has 0 aromatic carbocycles. The van der Waals surface area contributed by atoms with Gasteiger partial charge >= 0.3 is 0 Å². The van der Waals surface area contributed by atoms with Gasteiger partial charge in [-0.3, -0.25) is 4.79 Å². The molecule has 1 fully saturated rings. The van der Waals surface area contributed by atoms with E-state index in [-0.39, 0.29) is 5.91 Å². The highest BCUT2D eigenvalue weighted by Crippen LogP contribution is 2.28. The number of nitrogens with zero attached hydrogens (tertiary/aromatic N) is 2.